The molecule has 0 atom stereocenters. The second-order valence-electron chi connectivity index (χ2n) is 14.2. The third-order valence-electron chi connectivity index (χ3n) is 9.90. The summed E-state index contributed by atoms with van der Waals surface area (Å²) in [5.41, 5.74) is 9.64. The quantitative estimate of drug-likeness (QED) is 0.0912. The number of carbonyl (C=O) groups is 1. The summed E-state index contributed by atoms with van der Waals surface area (Å²) < 4.78 is 0. The standard InChI is InChI=1S/C32H27N2.C13H24O2.Ir/c1-32(2,3)29-19-26(18-23-11-7-8-12-27(23)29)31-33-20-25-14-13-24-17-22(21-9-5-4-6-10-21)15-16-28(24)30(25)34-31;1-5-10(6-2)12(14)9-13(15)11(7-3)8-4;/h4-12,15-17,19-20H,13-14H2,1-3H3;9-11,14H,5-8H2,1-4H3;/q-1;;/b;12-9-;. The molecule has 4 aromatic carbocycles. The maximum atomic E-state index is 11.7. The van der Waals surface area contributed by atoms with Crippen molar-refractivity contribution in [2.75, 3.05) is 0 Å². The topological polar surface area (TPSA) is 63.1 Å². The van der Waals surface area contributed by atoms with E-state index in [2.05, 4.69) is 106 Å². The van der Waals surface area contributed by atoms with Crippen molar-refractivity contribution in [3.8, 4) is 33.8 Å². The van der Waals surface area contributed by atoms with Crippen molar-refractivity contribution in [1.29, 1.82) is 0 Å². The molecule has 1 radical (unpaired) electrons. The predicted octanol–water partition coefficient (Wildman–Crippen LogP) is 11.7. The Bertz CT molecular complexity index is 1930. The van der Waals surface area contributed by atoms with Crippen molar-refractivity contribution in [2.24, 2.45) is 11.8 Å². The number of aryl methyl sites for hydroxylation is 2. The van der Waals surface area contributed by atoms with Gasteiger partial charge < -0.3 is 5.11 Å². The maximum Gasteiger partial charge on any atom is 0.162 e. The molecule has 1 aliphatic rings. The number of fused-ring (bicyclic) bond motifs is 4. The van der Waals surface area contributed by atoms with Crippen molar-refractivity contribution < 1.29 is 30.0 Å². The molecule has 6 rings (SSSR count). The Morgan fingerprint density at radius 3 is 2.12 bits per heavy atom. The largest absolute Gasteiger partial charge is 0.512 e. The maximum absolute atomic E-state index is 11.7. The number of carbonyl (C=O) groups excluding carboxylic acids is 1. The van der Waals surface area contributed by atoms with Crippen LogP contribution in [0.3, 0.4) is 0 Å². The Kier molecular flexibility index (Phi) is 13.5. The summed E-state index contributed by atoms with van der Waals surface area (Å²) in [6.07, 6.45) is 8.91. The number of aliphatic hydroxyl groups is 1. The first-order chi connectivity index (χ1) is 23.6. The van der Waals surface area contributed by atoms with Gasteiger partial charge in [-0.2, -0.15) is 0 Å². The monoisotopic (exact) mass is 844 g/mol. The minimum atomic E-state index is 0. The van der Waals surface area contributed by atoms with Crippen LogP contribution in [0.25, 0.3) is 44.5 Å². The number of aliphatic hydroxyl groups excluding tert-OH is 1. The van der Waals surface area contributed by atoms with E-state index in [4.69, 9.17) is 9.97 Å². The minimum absolute atomic E-state index is 0. The van der Waals surface area contributed by atoms with Gasteiger partial charge in [-0.1, -0.05) is 126 Å². The van der Waals surface area contributed by atoms with Gasteiger partial charge in [-0.3, -0.25) is 14.8 Å². The van der Waals surface area contributed by atoms with Gasteiger partial charge in [0.25, 0.3) is 0 Å². The van der Waals surface area contributed by atoms with Crippen LogP contribution in [0.2, 0.25) is 0 Å². The van der Waals surface area contributed by atoms with E-state index in [1.807, 2.05) is 33.9 Å². The second kappa shape index (κ2) is 17.3. The van der Waals surface area contributed by atoms with E-state index in [9.17, 15) is 9.90 Å². The van der Waals surface area contributed by atoms with Crippen LogP contribution in [0.5, 0.6) is 0 Å². The third-order valence-corrected chi connectivity index (χ3v) is 9.90. The van der Waals surface area contributed by atoms with E-state index < -0.39 is 0 Å². The number of aromatic nitrogens is 2. The molecule has 4 nitrogen and oxygen atoms in total. The summed E-state index contributed by atoms with van der Waals surface area (Å²) >= 11 is 0. The fourth-order valence-electron chi connectivity index (χ4n) is 6.81. The van der Waals surface area contributed by atoms with Gasteiger partial charge in [0.1, 0.15) is 0 Å². The third kappa shape index (κ3) is 8.86. The number of hydrogen-bond donors (Lipinski definition) is 1. The molecular weight excluding hydrogens is 793 g/mol. The van der Waals surface area contributed by atoms with Gasteiger partial charge in [-0.15, -0.1) is 29.1 Å². The first kappa shape index (κ1) is 38.9. The number of allylic oxidation sites excluding steroid dienone is 2. The SMILES string of the molecule is CC(C)(C)c1cc(-c2ncc3c(n2)-c2ccc(-c4ccccc4)cc2CC3)[c-]c2ccccc12.CCC(CC)C(=O)/C=C(\O)C(CC)CC.[Ir]. The second-order valence-corrected chi connectivity index (χ2v) is 14.2. The van der Waals surface area contributed by atoms with Crippen LogP contribution in [0.15, 0.2) is 96.9 Å². The van der Waals surface area contributed by atoms with Crippen LogP contribution in [0.1, 0.15) is 90.8 Å². The summed E-state index contributed by atoms with van der Waals surface area (Å²) in [5.74, 6) is 1.29. The molecule has 0 spiro atoms. The molecule has 1 heterocycles. The molecule has 0 unspecified atom stereocenters. The minimum Gasteiger partial charge on any atom is -0.512 e. The van der Waals surface area contributed by atoms with Gasteiger partial charge in [-0.25, -0.2) is 0 Å². The van der Waals surface area contributed by atoms with Crippen LogP contribution in [0.4, 0.5) is 0 Å². The number of nitrogens with zero attached hydrogens (tertiary/aromatic N) is 2. The van der Waals surface area contributed by atoms with Crippen LogP contribution in [0, 0.1) is 17.9 Å². The zero-order chi connectivity index (χ0) is 35.1. The van der Waals surface area contributed by atoms with E-state index in [1.54, 1.807) is 0 Å². The fourth-order valence-corrected chi connectivity index (χ4v) is 6.81. The Hall–Kier alpha value is -3.92. The molecule has 1 aliphatic carbocycles. The van der Waals surface area contributed by atoms with Gasteiger partial charge in [0.05, 0.1) is 17.3 Å². The Labute approximate surface area is 312 Å². The Morgan fingerprint density at radius 2 is 1.46 bits per heavy atom. The molecule has 0 aliphatic heterocycles. The fraction of sp³-hybridized carbons (Fsp3) is 0.356. The summed E-state index contributed by atoms with van der Waals surface area (Å²) in [7, 11) is 0. The van der Waals surface area contributed by atoms with Gasteiger partial charge in [0, 0.05) is 49.8 Å². The summed E-state index contributed by atoms with van der Waals surface area (Å²) in [4.78, 5) is 21.6. The molecule has 0 amide bonds. The molecule has 0 bridgehead atoms. The zero-order valence-electron chi connectivity index (χ0n) is 30.6. The van der Waals surface area contributed by atoms with Crippen LogP contribution >= 0.6 is 0 Å². The molecule has 263 valence electrons. The summed E-state index contributed by atoms with van der Waals surface area (Å²) in [6.45, 7) is 14.8. The number of rotatable bonds is 9. The Balaban J connectivity index is 0.000000301. The van der Waals surface area contributed by atoms with Crippen molar-refractivity contribution in [3.63, 3.8) is 0 Å². The first-order valence-electron chi connectivity index (χ1n) is 18.0. The molecule has 0 saturated carbocycles. The summed E-state index contributed by atoms with van der Waals surface area (Å²) in [6, 6.07) is 31.7. The van der Waals surface area contributed by atoms with Crippen molar-refractivity contribution in [3.05, 3.63) is 120 Å². The zero-order valence-corrected chi connectivity index (χ0v) is 33.0. The van der Waals surface area contributed by atoms with Gasteiger partial charge in [0.15, 0.2) is 5.78 Å². The molecule has 5 aromatic rings. The van der Waals surface area contributed by atoms with Gasteiger partial charge >= 0.3 is 0 Å². The average Bonchev–Trinajstić information content (AvgIpc) is 3.12. The van der Waals surface area contributed by atoms with E-state index in [0.29, 0.717) is 0 Å². The van der Waals surface area contributed by atoms with Crippen molar-refractivity contribution >= 4 is 16.6 Å². The van der Waals surface area contributed by atoms with Crippen LogP contribution in [-0.2, 0) is 43.2 Å². The number of hydrogen-bond acceptors (Lipinski definition) is 4. The van der Waals surface area contributed by atoms with E-state index in [1.165, 1.54) is 44.8 Å². The Morgan fingerprint density at radius 1 is 0.820 bits per heavy atom. The van der Waals surface area contributed by atoms with Gasteiger partial charge in [-0.05, 0) is 66.2 Å². The molecule has 0 fully saturated rings. The smallest absolute Gasteiger partial charge is 0.162 e. The first-order valence-corrected chi connectivity index (χ1v) is 18.0. The van der Waals surface area contributed by atoms with E-state index in [0.717, 1.165) is 61.0 Å². The molecule has 1 aromatic heterocycles. The predicted molar refractivity (Wildman–Crippen MR) is 205 cm³/mol. The van der Waals surface area contributed by atoms with E-state index >= 15 is 0 Å². The average molecular weight is 844 g/mol. The van der Waals surface area contributed by atoms with Crippen molar-refractivity contribution in [1.82, 2.24) is 9.97 Å². The van der Waals surface area contributed by atoms with Gasteiger partial charge in [0.2, 0.25) is 0 Å². The molecule has 0 saturated heterocycles. The van der Waals surface area contributed by atoms with E-state index in [-0.39, 0.29) is 48.9 Å². The molecule has 5 heteroatoms. The summed E-state index contributed by atoms with van der Waals surface area (Å²) in [5, 5.41) is 12.1. The number of ketones is 1. The molecule has 1 N–H and O–H groups in total. The van der Waals surface area contributed by atoms with Crippen molar-refractivity contribution in [2.45, 2.75) is 92.4 Å². The molecular formula is C45H51IrN2O2-. The van der Waals surface area contributed by atoms with Crippen LogP contribution in [-0.4, -0.2) is 20.9 Å². The normalized spacial score (nSPS) is 12.5. The van der Waals surface area contributed by atoms with Crippen LogP contribution < -0.4 is 0 Å². The number of benzene rings is 4. The molecule has 50 heavy (non-hydrogen) atoms.